The zero-order valence-electron chi connectivity index (χ0n) is 13.6. The number of unbranched alkanes of at least 4 members (excludes halogenated alkanes) is 1. The van der Waals surface area contributed by atoms with E-state index in [0.717, 1.165) is 32.4 Å². The summed E-state index contributed by atoms with van der Waals surface area (Å²) in [5, 5.41) is 12.9. The Morgan fingerprint density at radius 1 is 0.905 bits per heavy atom. The van der Waals surface area contributed by atoms with Crippen LogP contribution in [0.25, 0.3) is 0 Å². The Balaban J connectivity index is 1.80. The Bertz CT molecular complexity index is 232. The Kier molecular flexibility index (Phi) is 11.1. The van der Waals surface area contributed by atoms with Crippen LogP contribution in [0.2, 0.25) is 0 Å². The van der Waals surface area contributed by atoms with Crippen molar-refractivity contribution in [1.82, 2.24) is 5.32 Å². The lowest BCUT2D eigenvalue weighted by atomic mass is 9.99. The number of ether oxygens (including phenoxy) is 3. The van der Waals surface area contributed by atoms with Crippen LogP contribution in [0.5, 0.6) is 0 Å². The van der Waals surface area contributed by atoms with Crippen molar-refractivity contribution in [3.8, 4) is 0 Å². The second-order valence-corrected chi connectivity index (χ2v) is 5.76. The summed E-state index contributed by atoms with van der Waals surface area (Å²) in [6.45, 7) is 7.20. The molecule has 1 aliphatic carbocycles. The second-order valence-electron chi connectivity index (χ2n) is 5.76. The number of aliphatic hydroxyl groups excluding tert-OH is 1. The fourth-order valence-electron chi connectivity index (χ4n) is 2.62. The van der Waals surface area contributed by atoms with Crippen molar-refractivity contribution in [2.45, 2.75) is 51.0 Å². The monoisotopic (exact) mass is 303 g/mol. The van der Waals surface area contributed by atoms with Crippen molar-refractivity contribution in [1.29, 1.82) is 0 Å². The normalized spacial score (nSPS) is 17.4. The molecule has 0 aromatic carbocycles. The molecule has 1 saturated carbocycles. The standard InChI is InChI=1S/C16H33NO4/c1-2-3-9-19-11-13-21-14-12-20-10-8-17-16(15-18)6-4-5-7-16/h17-18H,2-15H2,1H3. The SMILES string of the molecule is CCCCOCCOCCOCCNC1(CO)CCCC1. The van der Waals surface area contributed by atoms with Gasteiger partial charge in [0.15, 0.2) is 0 Å². The highest BCUT2D eigenvalue weighted by Gasteiger charge is 2.31. The highest BCUT2D eigenvalue weighted by molar-refractivity contribution is 4.91. The largest absolute Gasteiger partial charge is 0.394 e. The van der Waals surface area contributed by atoms with Crippen molar-refractivity contribution in [2.24, 2.45) is 0 Å². The highest BCUT2D eigenvalue weighted by atomic mass is 16.5. The quantitative estimate of drug-likeness (QED) is 0.479. The average Bonchev–Trinajstić information content (AvgIpc) is 2.98. The topological polar surface area (TPSA) is 60.0 Å². The predicted molar refractivity (Wildman–Crippen MR) is 83.7 cm³/mol. The van der Waals surface area contributed by atoms with E-state index in [2.05, 4.69) is 12.2 Å². The van der Waals surface area contributed by atoms with Crippen LogP contribution < -0.4 is 5.32 Å². The Hall–Kier alpha value is -0.200. The van der Waals surface area contributed by atoms with E-state index >= 15 is 0 Å². The molecule has 1 aliphatic rings. The van der Waals surface area contributed by atoms with E-state index in [0.29, 0.717) is 33.0 Å². The van der Waals surface area contributed by atoms with Gasteiger partial charge >= 0.3 is 0 Å². The van der Waals surface area contributed by atoms with E-state index in [1.165, 1.54) is 19.3 Å². The van der Waals surface area contributed by atoms with Crippen molar-refractivity contribution in [2.75, 3.05) is 52.8 Å². The number of hydrogen-bond donors (Lipinski definition) is 2. The minimum absolute atomic E-state index is 0.0459. The van der Waals surface area contributed by atoms with Gasteiger partial charge in [-0.05, 0) is 19.3 Å². The van der Waals surface area contributed by atoms with Gasteiger partial charge in [-0.25, -0.2) is 0 Å². The third kappa shape index (κ3) is 8.73. The first-order valence-electron chi connectivity index (χ1n) is 8.42. The first-order valence-corrected chi connectivity index (χ1v) is 8.42. The van der Waals surface area contributed by atoms with Crippen molar-refractivity contribution < 1.29 is 19.3 Å². The van der Waals surface area contributed by atoms with E-state index in [1.807, 2.05) is 0 Å². The van der Waals surface area contributed by atoms with Gasteiger partial charge in [-0.15, -0.1) is 0 Å². The molecule has 0 saturated heterocycles. The lowest BCUT2D eigenvalue weighted by molar-refractivity contribution is 0.0132. The van der Waals surface area contributed by atoms with Crippen LogP contribution in [-0.2, 0) is 14.2 Å². The first-order chi connectivity index (χ1) is 10.3. The van der Waals surface area contributed by atoms with E-state index in [1.54, 1.807) is 0 Å². The fourth-order valence-corrected chi connectivity index (χ4v) is 2.62. The molecule has 0 aromatic rings. The molecule has 5 nitrogen and oxygen atoms in total. The second kappa shape index (κ2) is 12.4. The third-order valence-electron chi connectivity index (χ3n) is 4.00. The molecule has 5 heteroatoms. The molecule has 0 amide bonds. The van der Waals surface area contributed by atoms with Crippen LogP contribution in [0.3, 0.4) is 0 Å². The minimum atomic E-state index is -0.0459. The summed E-state index contributed by atoms with van der Waals surface area (Å²) in [5.41, 5.74) is -0.0459. The molecule has 0 spiro atoms. The molecule has 0 bridgehead atoms. The first kappa shape index (κ1) is 18.8. The molecule has 21 heavy (non-hydrogen) atoms. The van der Waals surface area contributed by atoms with Crippen LogP contribution in [0.4, 0.5) is 0 Å². The summed E-state index contributed by atoms with van der Waals surface area (Å²) >= 11 is 0. The molecular weight excluding hydrogens is 270 g/mol. The lowest BCUT2D eigenvalue weighted by Crippen LogP contribution is -2.47. The summed E-state index contributed by atoms with van der Waals surface area (Å²) < 4.78 is 16.3. The van der Waals surface area contributed by atoms with E-state index in [4.69, 9.17) is 14.2 Å². The summed E-state index contributed by atoms with van der Waals surface area (Å²) in [6, 6.07) is 0. The van der Waals surface area contributed by atoms with E-state index in [-0.39, 0.29) is 12.1 Å². The van der Waals surface area contributed by atoms with Gasteiger partial charge in [-0.3, -0.25) is 0 Å². The van der Waals surface area contributed by atoms with Gasteiger partial charge in [-0.2, -0.15) is 0 Å². The number of nitrogens with one attached hydrogen (secondary N) is 1. The molecule has 1 rings (SSSR count). The van der Waals surface area contributed by atoms with Crippen molar-refractivity contribution in [3.05, 3.63) is 0 Å². The maximum absolute atomic E-state index is 9.46. The third-order valence-corrected chi connectivity index (χ3v) is 4.00. The van der Waals surface area contributed by atoms with Crippen molar-refractivity contribution in [3.63, 3.8) is 0 Å². The summed E-state index contributed by atoms with van der Waals surface area (Å²) in [4.78, 5) is 0. The van der Waals surface area contributed by atoms with Crippen LogP contribution in [0.1, 0.15) is 45.4 Å². The van der Waals surface area contributed by atoms with Crippen LogP contribution in [-0.4, -0.2) is 63.4 Å². The molecule has 0 atom stereocenters. The number of aliphatic hydroxyl groups is 1. The molecule has 0 heterocycles. The zero-order chi connectivity index (χ0) is 15.2. The molecule has 0 aliphatic heterocycles. The maximum atomic E-state index is 9.46. The number of rotatable bonds is 14. The van der Waals surface area contributed by atoms with Gasteiger partial charge in [0.25, 0.3) is 0 Å². The zero-order valence-corrected chi connectivity index (χ0v) is 13.6. The van der Waals surface area contributed by atoms with E-state index in [9.17, 15) is 5.11 Å². The van der Waals surface area contributed by atoms with Crippen LogP contribution in [0, 0.1) is 0 Å². The maximum Gasteiger partial charge on any atom is 0.0701 e. The van der Waals surface area contributed by atoms with Crippen molar-refractivity contribution >= 4 is 0 Å². The summed E-state index contributed by atoms with van der Waals surface area (Å²) in [5.74, 6) is 0. The van der Waals surface area contributed by atoms with Crippen LogP contribution in [0.15, 0.2) is 0 Å². The smallest absolute Gasteiger partial charge is 0.0701 e. The predicted octanol–water partition coefficient (Wildman–Crippen LogP) is 1.73. The number of hydrogen-bond acceptors (Lipinski definition) is 5. The molecule has 1 fully saturated rings. The average molecular weight is 303 g/mol. The molecule has 0 radical (unpaired) electrons. The molecule has 0 unspecified atom stereocenters. The fraction of sp³-hybridized carbons (Fsp3) is 1.00. The Morgan fingerprint density at radius 2 is 1.48 bits per heavy atom. The molecular formula is C16H33NO4. The summed E-state index contributed by atoms with van der Waals surface area (Å²) in [6.07, 6.45) is 6.85. The molecule has 0 aromatic heterocycles. The van der Waals surface area contributed by atoms with Crippen LogP contribution >= 0.6 is 0 Å². The van der Waals surface area contributed by atoms with Gasteiger partial charge in [0.1, 0.15) is 0 Å². The lowest BCUT2D eigenvalue weighted by Gasteiger charge is -2.28. The molecule has 2 N–H and O–H groups in total. The summed E-state index contributed by atoms with van der Waals surface area (Å²) in [7, 11) is 0. The van der Waals surface area contributed by atoms with Gasteiger partial charge in [0, 0.05) is 18.7 Å². The minimum Gasteiger partial charge on any atom is -0.394 e. The van der Waals surface area contributed by atoms with Gasteiger partial charge in [-0.1, -0.05) is 26.2 Å². The Labute approximate surface area is 129 Å². The van der Waals surface area contributed by atoms with E-state index < -0.39 is 0 Å². The Morgan fingerprint density at radius 3 is 2.05 bits per heavy atom. The van der Waals surface area contributed by atoms with Gasteiger partial charge < -0.3 is 24.6 Å². The van der Waals surface area contributed by atoms with Gasteiger partial charge in [0.05, 0.1) is 39.6 Å². The highest BCUT2D eigenvalue weighted by Crippen LogP contribution is 2.28. The van der Waals surface area contributed by atoms with Gasteiger partial charge in [0.2, 0.25) is 0 Å². The molecule has 126 valence electrons.